The fourth-order valence-electron chi connectivity index (χ4n) is 3.02. The molecular weight excluding hydrogens is 440 g/mol. The lowest BCUT2D eigenvalue weighted by Gasteiger charge is -2.13. The summed E-state index contributed by atoms with van der Waals surface area (Å²) in [5.74, 6) is -1.39. The topological polar surface area (TPSA) is 163 Å². The maximum absolute atomic E-state index is 12.3. The second kappa shape index (κ2) is 9.80. The molecule has 0 spiro atoms. The van der Waals surface area contributed by atoms with E-state index >= 15 is 0 Å². The first-order valence-corrected chi connectivity index (χ1v) is 9.68. The molecule has 2 aromatic carbocycles. The highest BCUT2D eigenvalue weighted by atomic mass is 16.6. The lowest BCUT2D eigenvalue weighted by atomic mass is 10.1. The summed E-state index contributed by atoms with van der Waals surface area (Å²) in [7, 11) is 3.23. The lowest BCUT2D eigenvalue weighted by Crippen LogP contribution is -2.21. The van der Waals surface area contributed by atoms with Crippen LogP contribution in [0.3, 0.4) is 0 Å². The van der Waals surface area contributed by atoms with Crippen LogP contribution in [-0.2, 0) is 9.53 Å². The van der Waals surface area contributed by atoms with Crippen LogP contribution in [0.5, 0.6) is 11.5 Å². The van der Waals surface area contributed by atoms with E-state index < -0.39 is 34.0 Å². The number of carbonyl (C=O) groups is 2. The van der Waals surface area contributed by atoms with E-state index in [-0.39, 0.29) is 34.1 Å². The monoisotopic (exact) mass is 460 g/mol. The average molecular weight is 460 g/mol. The molecule has 174 valence electrons. The van der Waals surface area contributed by atoms with Gasteiger partial charge in [-0.3, -0.25) is 25.0 Å². The van der Waals surface area contributed by atoms with Crippen molar-refractivity contribution in [2.24, 2.45) is 0 Å². The molecule has 2 aromatic rings. The number of nitrogens with zero attached hydrogens (tertiary/aromatic N) is 3. The number of fused-ring (bicyclic) bond motifs is 1. The second-order valence-electron chi connectivity index (χ2n) is 7.10. The molecule has 0 saturated carbocycles. The van der Waals surface area contributed by atoms with Gasteiger partial charge in [0.25, 0.3) is 17.3 Å². The van der Waals surface area contributed by atoms with Crippen LogP contribution in [0.4, 0.5) is 22.7 Å². The van der Waals surface area contributed by atoms with Gasteiger partial charge in [0, 0.05) is 32.6 Å². The molecule has 1 aliphatic rings. The maximum atomic E-state index is 12.3. The number of hydrogen-bond donors (Lipinski definition) is 1. The SMILES string of the molecule is CN(C)c1ccc(C(=O)OCC(=O)Nc2cc3c(cc2[N+](=O)[O-])OCCCO3)cc1[N+](=O)[O-]. The summed E-state index contributed by atoms with van der Waals surface area (Å²) in [6.45, 7) is -0.0955. The predicted octanol–water partition coefficient (Wildman–Crippen LogP) is 2.53. The number of anilines is 2. The molecule has 13 nitrogen and oxygen atoms in total. The third-order valence-electron chi connectivity index (χ3n) is 4.56. The Hall–Kier alpha value is -4.42. The van der Waals surface area contributed by atoms with Crippen molar-refractivity contribution >= 4 is 34.6 Å². The van der Waals surface area contributed by atoms with Crippen LogP contribution in [0.25, 0.3) is 0 Å². The summed E-state index contributed by atoms with van der Waals surface area (Å²) >= 11 is 0. The Balaban J connectivity index is 1.71. The molecule has 0 bridgehead atoms. The van der Waals surface area contributed by atoms with Gasteiger partial charge in [-0.15, -0.1) is 0 Å². The summed E-state index contributed by atoms with van der Waals surface area (Å²) < 4.78 is 15.8. The van der Waals surface area contributed by atoms with E-state index in [0.29, 0.717) is 19.6 Å². The van der Waals surface area contributed by atoms with E-state index in [0.717, 1.165) is 12.1 Å². The minimum absolute atomic E-state index is 0.123. The van der Waals surface area contributed by atoms with Gasteiger partial charge in [0.15, 0.2) is 18.1 Å². The van der Waals surface area contributed by atoms with E-state index in [9.17, 15) is 29.8 Å². The normalized spacial score (nSPS) is 12.3. The van der Waals surface area contributed by atoms with Crippen LogP contribution >= 0.6 is 0 Å². The van der Waals surface area contributed by atoms with Crippen molar-refractivity contribution in [3.8, 4) is 11.5 Å². The highest BCUT2D eigenvalue weighted by Gasteiger charge is 2.24. The van der Waals surface area contributed by atoms with Crippen LogP contribution in [0, 0.1) is 20.2 Å². The van der Waals surface area contributed by atoms with Gasteiger partial charge in [-0.2, -0.15) is 0 Å². The van der Waals surface area contributed by atoms with Gasteiger partial charge < -0.3 is 24.4 Å². The average Bonchev–Trinajstić information content (AvgIpc) is 3.01. The maximum Gasteiger partial charge on any atom is 0.338 e. The van der Waals surface area contributed by atoms with Gasteiger partial charge in [-0.1, -0.05) is 0 Å². The van der Waals surface area contributed by atoms with Gasteiger partial charge in [0.2, 0.25) is 0 Å². The summed E-state index contributed by atoms with van der Waals surface area (Å²) in [5, 5.41) is 25.0. The van der Waals surface area contributed by atoms with E-state index in [1.54, 1.807) is 14.1 Å². The van der Waals surface area contributed by atoms with Gasteiger partial charge in [-0.25, -0.2) is 4.79 Å². The first-order chi connectivity index (χ1) is 15.7. The molecule has 1 N–H and O–H groups in total. The lowest BCUT2D eigenvalue weighted by molar-refractivity contribution is -0.384. The molecule has 0 aliphatic carbocycles. The largest absolute Gasteiger partial charge is 0.489 e. The van der Waals surface area contributed by atoms with Crippen LogP contribution in [0.2, 0.25) is 0 Å². The molecule has 1 aliphatic heterocycles. The van der Waals surface area contributed by atoms with Crippen molar-refractivity contribution in [3.63, 3.8) is 0 Å². The van der Waals surface area contributed by atoms with Gasteiger partial charge in [-0.05, 0) is 12.1 Å². The minimum atomic E-state index is -0.966. The Morgan fingerprint density at radius 3 is 2.27 bits per heavy atom. The van der Waals surface area contributed by atoms with E-state index in [2.05, 4.69) is 5.32 Å². The summed E-state index contributed by atoms with van der Waals surface area (Å²) in [5.41, 5.74) is -0.718. The molecule has 33 heavy (non-hydrogen) atoms. The van der Waals surface area contributed by atoms with Crippen LogP contribution in [0.1, 0.15) is 16.8 Å². The Labute approximate surface area is 187 Å². The van der Waals surface area contributed by atoms with Crippen molar-refractivity contribution in [3.05, 3.63) is 56.1 Å². The summed E-state index contributed by atoms with van der Waals surface area (Å²) in [6, 6.07) is 6.17. The van der Waals surface area contributed by atoms with Gasteiger partial charge >= 0.3 is 5.97 Å². The predicted molar refractivity (Wildman–Crippen MR) is 115 cm³/mol. The number of ether oxygens (including phenoxy) is 3. The third kappa shape index (κ3) is 5.44. The zero-order valence-corrected chi connectivity index (χ0v) is 17.7. The van der Waals surface area contributed by atoms with E-state index in [1.165, 1.54) is 23.1 Å². The fraction of sp³-hybridized carbons (Fsp3) is 0.300. The van der Waals surface area contributed by atoms with Crippen molar-refractivity contribution in [1.82, 2.24) is 0 Å². The summed E-state index contributed by atoms with van der Waals surface area (Å²) in [4.78, 5) is 47.4. The Bertz CT molecular complexity index is 1120. The molecule has 1 amide bonds. The Morgan fingerprint density at radius 2 is 1.67 bits per heavy atom. The van der Waals surface area contributed by atoms with E-state index in [4.69, 9.17) is 14.2 Å². The highest BCUT2D eigenvalue weighted by Crippen LogP contribution is 2.39. The molecule has 0 atom stereocenters. The van der Waals surface area contributed by atoms with Crippen molar-refractivity contribution in [2.75, 3.05) is 44.1 Å². The number of amides is 1. The number of esters is 1. The van der Waals surface area contributed by atoms with Gasteiger partial charge in [0.05, 0.1) is 34.7 Å². The number of rotatable bonds is 7. The summed E-state index contributed by atoms with van der Waals surface area (Å²) in [6.07, 6.45) is 0.591. The number of hydrogen-bond acceptors (Lipinski definition) is 10. The standard InChI is InChI=1S/C20H20N4O9/c1-22(2)14-5-4-12(8-16(14)24(29)30)20(26)33-11-19(25)21-13-9-17-18(10-15(13)23(27)28)32-7-3-6-31-17/h4-5,8-10H,3,6-7,11H2,1-2H3,(H,21,25). The van der Waals surface area contributed by atoms with E-state index in [1.807, 2.05) is 0 Å². The molecule has 0 unspecified atom stereocenters. The molecule has 3 rings (SSSR count). The molecule has 13 heteroatoms. The number of nitro groups is 2. The molecular formula is C20H20N4O9. The van der Waals surface area contributed by atoms with Crippen LogP contribution in [-0.4, -0.2) is 55.6 Å². The highest BCUT2D eigenvalue weighted by molar-refractivity contribution is 5.97. The fourth-order valence-corrected chi connectivity index (χ4v) is 3.02. The van der Waals surface area contributed by atoms with Crippen molar-refractivity contribution in [1.29, 1.82) is 0 Å². The first kappa shape index (κ1) is 23.2. The van der Waals surface area contributed by atoms with Crippen molar-refractivity contribution in [2.45, 2.75) is 6.42 Å². The molecule has 0 aromatic heterocycles. The van der Waals surface area contributed by atoms with Crippen LogP contribution in [0.15, 0.2) is 30.3 Å². The van der Waals surface area contributed by atoms with Crippen molar-refractivity contribution < 1.29 is 33.6 Å². The first-order valence-electron chi connectivity index (χ1n) is 9.68. The smallest absolute Gasteiger partial charge is 0.338 e. The molecule has 0 saturated heterocycles. The number of nitrogens with one attached hydrogen (secondary N) is 1. The second-order valence-corrected chi connectivity index (χ2v) is 7.10. The molecule has 0 fully saturated rings. The zero-order valence-electron chi connectivity index (χ0n) is 17.7. The molecule has 0 radical (unpaired) electrons. The number of benzene rings is 2. The number of nitro benzene ring substituents is 2. The quantitative estimate of drug-likeness (QED) is 0.369. The minimum Gasteiger partial charge on any atom is -0.489 e. The Kier molecular flexibility index (Phi) is 6.91. The third-order valence-corrected chi connectivity index (χ3v) is 4.56. The Morgan fingerprint density at radius 1 is 1.03 bits per heavy atom. The zero-order chi connectivity index (χ0) is 24.1. The number of carbonyl (C=O) groups excluding carboxylic acids is 2. The molecule has 1 heterocycles. The van der Waals surface area contributed by atoms with Gasteiger partial charge in [0.1, 0.15) is 11.4 Å². The van der Waals surface area contributed by atoms with Crippen LogP contribution < -0.4 is 19.7 Å².